The molecule has 0 aliphatic carbocycles. The minimum absolute atomic E-state index is 0.0839. The molecule has 1 atom stereocenters. The molecule has 0 bridgehead atoms. The predicted molar refractivity (Wildman–Crippen MR) is 65.1 cm³/mol. The molecule has 94 valence electrons. The molecule has 18 heavy (non-hydrogen) atoms. The molecule has 1 aromatic heterocycles. The smallest absolute Gasteiger partial charge is 0.141 e. The molecule has 0 fully saturated rings. The summed E-state index contributed by atoms with van der Waals surface area (Å²) in [6, 6.07) is 4.92. The number of hydrogen-bond acceptors (Lipinski definition) is 3. The van der Waals surface area contributed by atoms with E-state index >= 15 is 0 Å². The third kappa shape index (κ3) is 2.89. The molecule has 0 spiro atoms. The molecule has 3 nitrogen and oxygen atoms in total. The highest BCUT2D eigenvalue weighted by molar-refractivity contribution is 7.84. The van der Waals surface area contributed by atoms with Gasteiger partial charge in [-0.05, 0) is 29.8 Å². The largest absolute Gasteiger partial charge is 0.398 e. The van der Waals surface area contributed by atoms with Gasteiger partial charge in [-0.25, -0.2) is 8.78 Å². The van der Waals surface area contributed by atoms with Gasteiger partial charge in [-0.15, -0.1) is 0 Å². The number of nitrogen functional groups attached to an aromatic ring is 1. The SMILES string of the molecule is Nc1cc(F)ccc1S(=O)Cc1cncc(F)c1. The molecule has 0 saturated carbocycles. The van der Waals surface area contributed by atoms with Crippen molar-refractivity contribution in [2.75, 3.05) is 5.73 Å². The Labute approximate surface area is 105 Å². The van der Waals surface area contributed by atoms with E-state index in [1.807, 2.05) is 0 Å². The highest BCUT2D eigenvalue weighted by Crippen LogP contribution is 2.20. The van der Waals surface area contributed by atoms with E-state index in [1.54, 1.807) is 0 Å². The van der Waals surface area contributed by atoms with Crippen LogP contribution in [0.25, 0.3) is 0 Å². The van der Waals surface area contributed by atoms with Gasteiger partial charge in [-0.3, -0.25) is 9.19 Å². The maximum atomic E-state index is 12.9. The first-order chi connectivity index (χ1) is 8.56. The number of nitrogens with zero attached hydrogens (tertiary/aromatic N) is 1. The Morgan fingerprint density at radius 1 is 1.17 bits per heavy atom. The molecule has 1 unspecified atom stereocenters. The molecule has 0 aliphatic rings. The Balaban J connectivity index is 2.22. The van der Waals surface area contributed by atoms with E-state index in [9.17, 15) is 13.0 Å². The van der Waals surface area contributed by atoms with Crippen molar-refractivity contribution in [1.82, 2.24) is 4.98 Å². The first-order valence-electron chi connectivity index (χ1n) is 5.09. The second kappa shape index (κ2) is 5.22. The minimum atomic E-state index is -1.46. The van der Waals surface area contributed by atoms with Crippen LogP contribution < -0.4 is 5.73 Å². The number of benzene rings is 1. The zero-order chi connectivity index (χ0) is 13.1. The average Bonchev–Trinajstić information content (AvgIpc) is 2.28. The molecule has 0 radical (unpaired) electrons. The van der Waals surface area contributed by atoms with Gasteiger partial charge in [0.2, 0.25) is 0 Å². The van der Waals surface area contributed by atoms with Gasteiger partial charge in [0.15, 0.2) is 0 Å². The number of nitrogens with two attached hydrogens (primary N) is 1. The molecular formula is C12H10F2N2OS. The fraction of sp³-hybridized carbons (Fsp3) is 0.0833. The van der Waals surface area contributed by atoms with E-state index in [0.29, 0.717) is 10.5 Å². The van der Waals surface area contributed by atoms with Gasteiger partial charge in [0.05, 0.1) is 33.3 Å². The first kappa shape index (κ1) is 12.6. The topological polar surface area (TPSA) is 56.0 Å². The maximum absolute atomic E-state index is 12.9. The van der Waals surface area contributed by atoms with Crippen molar-refractivity contribution in [3.63, 3.8) is 0 Å². The second-order valence-electron chi connectivity index (χ2n) is 3.68. The van der Waals surface area contributed by atoms with Gasteiger partial charge in [0, 0.05) is 6.20 Å². The summed E-state index contributed by atoms with van der Waals surface area (Å²) in [5.74, 6) is -0.891. The zero-order valence-corrected chi connectivity index (χ0v) is 10.1. The zero-order valence-electron chi connectivity index (χ0n) is 9.27. The van der Waals surface area contributed by atoms with Crippen LogP contribution in [0, 0.1) is 11.6 Å². The quantitative estimate of drug-likeness (QED) is 0.869. The van der Waals surface area contributed by atoms with Gasteiger partial charge in [-0.2, -0.15) is 0 Å². The van der Waals surface area contributed by atoms with Crippen LogP contribution in [0.3, 0.4) is 0 Å². The van der Waals surface area contributed by atoms with E-state index in [2.05, 4.69) is 4.98 Å². The van der Waals surface area contributed by atoms with Crippen LogP contribution in [0.5, 0.6) is 0 Å². The van der Waals surface area contributed by atoms with Crippen LogP contribution in [0.4, 0.5) is 14.5 Å². The fourth-order valence-corrected chi connectivity index (χ4v) is 2.65. The van der Waals surface area contributed by atoms with Gasteiger partial charge >= 0.3 is 0 Å². The molecule has 2 aromatic rings. The van der Waals surface area contributed by atoms with E-state index < -0.39 is 22.4 Å². The predicted octanol–water partition coefficient (Wildman–Crippen LogP) is 2.25. The van der Waals surface area contributed by atoms with Crippen molar-refractivity contribution >= 4 is 16.5 Å². The van der Waals surface area contributed by atoms with Crippen molar-refractivity contribution in [1.29, 1.82) is 0 Å². The molecule has 0 amide bonds. The summed E-state index contributed by atoms with van der Waals surface area (Å²) in [6.45, 7) is 0. The molecule has 1 heterocycles. The Morgan fingerprint density at radius 3 is 2.61 bits per heavy atom. The number of pyridine rings is 1. The Morgan fingerprint density at radius 2 is 1.94 bits per heavy atom. The number of rotatable bonds is 3. The van der Waals surface area contributed by atoms with Crippen molar-refractivity contribution in [2.45, 2.75) is 10.6 Å². The van der Waals surface area contributed by atoms with E-state index in [0.717, 1.165) is 12.3 Å². The highest BCUT2D eigenvalue weighted by atomic mass is 32.2. The van der Waals surface area contributed by atoms with Crippen LogP contribution in [-0.2, 0) is 16.6 Å². The standard InChI is InChI=1S/C12H10F2N2OS/c13-9-1-2-12(11(15)4-9)18(17)7-8-3-10(14)6-16-5-8/h1-6H,7,15H2. The summed E-state index contributed by atoms with van der Waals surface area (Å²) < 4.78 is 37.8. The second-order valence-corrected chi connectivity index (χ2v) is 5.10. The van der Waals surface area contributed by atoms with E-state index in [4.69, 9.17) is 5.73 Å². The Kier molecular flexibility index (Phi) is 3.66. The molecule has 0 saturated heterocycles. The normalized spacial score (nSPS) is 12.3. The van der Waals surface area contributed by atoms with Crippen LogP contribution in [0.2, 0.25) is 0 Å². The first-order valence-corrected chi connectivity index (χ1v) is 6.41. The van der Waals surface area contributed by atoms with Crippen LogP contribution >= 0.6 is 0 Å². The molecular weight excluding hydrogens is 258 g/mol. The van der Waals surface area contributed by atoms with Crippen molar-refractivity contribution in [3.05, 3.63) is 53.9 Å². The van der Waals surface area contributed by atoms with Crippen molar-refractivity contribution in [2.24, 2.45) is 0 Å². The lowest BCUT2D eigenvalue weighted by molar-refractivity contribution is 0.619. The maximum Gasteiger partial charge on any atom is 0.141 e. The lowest BCUT2D eigenvalue weighted by atomic mass is 10.3. The van der Waals surface area contributed by atoms with Crippen LogP contribution in [0.15, 0.2) is 41.6 Å². The summed E-state index contributed by atoms with van der Waals surface area (Å²) in [6.07, 6.45) is 2.50. The molecule has 2 rings (SSSR count). The van der Waals surface area contributed by atoms with Gasteiger partial charge in [-0.1, -0.05) is 0 Å². The monoisotopic (exact) mass is 268 g/mol. The summed E-state index contributed by atoms with van der Waals surface area (Å²) in [5.41, 5.74) is 6.20. The van der Waals surface area contributed by atoms with E-state index in [-0.39, 0.29) is 11.4 Å². The van der Waals surface area contributed by atoms with Crippen molar-refractivity contribution in [3.8, 4) is 0 Å². The summed E-state index contributed by atoms with van der Waals surface area (Å²) in [7, 11) is -1.46. The number of anilines is 1. The fourth-order valence-electron chi connectivity index (χ4n) is 1.49. The van der Waals surface area contributed by atoms with E-state index in [1.165, 1.54) is 24.4 Å². The number of aromatic nitrogens is 1. The number of halogens is 2. The molecule has 2 N–H and O–H groups in total. The molecule has 1 aromatic carbocycles. The Hall–Kier alpha value is -1.82. The van der Waals surface area contributed by atoms with Gasteiger partial charge < -0.3 is 5.73 Å². The third-order valence-corrected chi connectivity index (χ3v) is 3.73. The number of hydrogen-bond donors (Lipinski definition) is 1. The Bertz CT molecular complexity index is 604. The van der Waals surface area contributed by atoms with Gasteiger partial charge in [0.1, 0.15) is 11.6 Å². The summed E-state index contributed by atoms with van der Waals surface area (Å²) >= 11 is 0. The lowest BCUT2D eigenvalue weighted by Crippen LogP contribution is -2.02. The van der Waals surface area contributed by atoms with Crippen LogP contribution in [0.1, 0.15) is 5.56 Å². The minimum Gasteiger partial charge on any atom is -0.398 e. The molecule has 6 heteroatoms. The van der Waals surface area contributed by atoms with Crippen LogP contribution in [-0.4, -0.2) is 9.19 Å². The molecule has 0 aliphatic heterocycles. The van der Waals surface area contributed by atoms with Gasteiger partial charge in [0.25, 0.3) is 0 Å². The summed E-state index contributed by atoms with van der Waals surface area (Å²) in [4.78, 5) is 4.00. The lowest BCUT2D eigenvalue weighted by Gasteiger charge is -2.05. The highest BCUT2D eigenvalue weighted by Gasteiger charge is 2.10. The third-order valence-electron chi connectivity index (χ3n) is 2.28. The summed E-state index contributed by atoms with van der Waals surface area (Å²) in [5, 5.41) is 0. The average molecular weight is 268 g/mol. The van der Waals surface area contributed by atoms with Crippen molar-refractivity contribution < 1.29 is 13.0 Å².